The van der Waals surface area contributed by atoms with Crippen LogP contribution in [0.2, 0.25) is 0 Å². The minimum absolute atomic E-state index is 0.104. The number of rotatable bonds is 6. The number of hydrogen-bond donors (Lipinski definition) is 2. The Morgan fingerprint density at radius 2 is 1.79 bits per heavy atom. The van der Waals surface area contributed by atoms with Crippen LogP contribution in [0.1, 0.15) is 11.3 Å². The summed E-state index contributed by atoms with van der Waals surface area (Å²) in [6.45, 7) is 1.69. The normalized spacial score (nSPS) is 12.0. The number of nitrogens with zero attached hydrogens (tertiary/aromatic N) is 3. The Labute approximate surface area is 189 Å². The number of thiazole rings is 1. The molecule has 0 amide bonds. The van der Waals surface area contributed by atoms with E-state index in [0.29, 0.717) is 17.2 Å². The Hall–Kier alpha value is -3.45. The number of sulfonamides is 1. The van der Waals surface area contributed by atoms with Crippen LogP contribution in [0.5, 0.6) is 0 Å². The van der Waals surface area contributed by atoms with Gasteiger partial charge in [-0.25, -0.2) is 22.5 Å². The highest BCUT2D eigenvalue weighted by molar-refractivity contribution is 7.93. The summed E-state index contributed by atoms with van der Waals surface area (Å²) in [5.74, 6) is -0.649. The maximum atomic E-state index is 14.7. The molecule has 172 valence electrons. The zero-order valence-electron chi connectivity index (χ0n) is 16.8. The number of hydrogen-bond acceptors (Lipinski definition) is 6. The average molecular weight is 497 g/mol. The molecule has 0 saturated heterocycles. The lowest BCUT2D eigenvalue weighted by Crippen LogP contribution is -2.14. The van der Waals surface area contributed by atoms with Gasteiger partial charge in [-0.2, -0.15) is 18.3 Å². The van der Waals surface area contributed by atoms with Crippen molar-refractivity contribution in [2.75, 3.05) is 10.0 Å². The van der Waals surface area contributed by atoms with Crippen molar-refractivity contribution in [2.24, 2.45) is 0 Å². The van der Waals surface area contributed by atoms with E-state index in [0.717, 1.165) is 35.6 Å². The highest BCUT2D eigenvalue weighted by Crippen LogP contribution is 2.31. The van der Waals surface area contributed by atoms with Gasteiger partial charge in [-0.15, -0.1) is 11.3 Å². The van der Waals surface area contributed by atoms with Crippen LogP contribution in [-0.4, -0.2) is 23.2 Å². The predicted molar refractivity (Wildman–Crippen MR) is 116 cm³/mol. The Bertz CT molecular complexity index is 1380. The monoisotopic (exact) mass is 497 g/mol. The van der Waals surface area contributed by atoms with Gasteiger partial charge in [0.15, 0.2) is 5.13 Å². The molecule has 4 rings (SSSR count). The van der Waals surface area contributed by atoms with Crippen LogP contribution in [0.3, 0.4) is 0 Å². The first-order chi connectivity index (χ1) is 15.5. The summed E-state index contributed by atoms with van der Waals surface area (Å²) in [5.41, 5.74) is 0.333. The Morgan fingerprint density at radius 1 is 1.06 bits per heavy atom. The minimum atomic E-state index is -4.46. The van der Waals surface area contributed by atoms with Crippen LogP contribution in [0.4, 0.5) is 34.2 Å². The summed E-state index contributed by atoms with van der Waals surface area (Å²) in [6.07, 6.45) is -3.05. The van der Waals surface area contributed by atoms with Crippen molar-refractivity contribution in [3.8, 4) is 5.69 Å². The third-order valence-corrected chi connectivity index (χ3v) is 6.61. The van der Waals surface area contributed by atoms with E-state index in [9.17, 15) is 26.0 Å². The van der Waals surface area contributed by atoms with Crippen molar-refractivity contribution >= 4 is 38.0 Å². The maximum absolute atomic E-state index is 14.7. The van der Waals surface area contributed by atoms with Crippen LogP contribution in [0, 0.1) is 12.7 Å². The van der Waals surface area contributed by atoms with E-state index in [2.05, 4.69) is 20.1 Å². The molecule has 0 spiro atoms. The molecule has 2 N–H and O–H groups in total. The molecule has 7 nitrogen and oxygen atoms in total. The van der Waals surface area contributed by atoms with Crippen LogP contribution >= 0.6 is 11.3 Å². The molecule has 0 saturated carbocycles. The lowest BCUT2D eigenvalue weighted by Gasteiger charge is -2.12. The molecule has 33 heavy (non-hydrogen) atoms. The first-order valence-corrected chi connectivity index (χ1v) is 11.6. The van der Waals surface area contributed by atoms with E-state index in [-0.39, 0.29) is 10.8 Å². The number of aromatic nitrogens is 3. The largest absolute Gasteiger partial charge is 0.416 e. The molecule has 0 radical (unpaired) electrons. The van der Waals surface area contributed by atoms with Crippen molar-refractivity contribution in [1.82, 2.24) is 14.8 Å². The second-order valence-corrected chi connectivity index (χ2v) is 9.39. The van der Waals surface area contributed by atoms with Crippen LogP contribution in [0.15, 0.2) is 65.0 Å². The number of nitrogens with one attached hydrogen (secondary N) is 2. The summed E-state index contributed by atoms with van der Waals surface area (Å²) in [4.78, 5) is 3.25. The van der Waals surface area contributed by atoms with Gasteiger partial charge in [0, 0.05) is 23.3 Å². The molecule has 2 aromatic heterocycles. The third kappa shape index (κ3) is 4.98. The number of halogens is 4. The van der Waals surface area contributed by atoms with E-state index in [1.165, 1.54) is 29.1 Å². The van der Waals surface area contributed by atoms with Gasteiger partial charge >= 0.3 is 6.18 Å². The molecule has 0 fully saturated rings. The third-order valence-electron chi connectivity index (χ3n) is 4.42. The molecule has 0 aliphatic heterocycles. The second kappa shape index (κ2) is 8.48. The van der Waals surface area contributed by atoms with Crippen molar-refractivity contribution in [3.63, 3.8) is 0 Å². The van der Waals surface area contributed by atoms with Crippen molar-refractivity contribution in [3.05, 3.63) is 77.2 Å². The standard InChI is InChI=1S/C20H15F4N5O2S2/c1-12-10-18(29(27-12)15-5-2-13(3-6-15)20(22,23)24)26-14-4-7-17(16(21)11-14)33(30,31)28-19-25-8-9-32-19/h2-11,26H,1H3,(H,25,28). The summed E-state index contributed by atoms with van der Waals surface area (Å²) in [5, 5.41) is 8.85. The van der Waals surface area contributed by atoms with Crippen molar-refractivity contribution in [2.45, 2.75) is 18.0 Å². The highest BCUT2D eigenvalue weighted by atomic mass is 32.2. The molecular weight excluding hydrogens is 482 g/mol. The fourth-order valence-corrected chi connectivity index (χ4v) is 4.81. The molecule has 2 aromatic carbocycles. The summed E-state index contributed by atoms with van der Waals surface area (Å²) >= 11 is 1.05. The fraction of sp³-hybridized carbons (Fsp3) is 0.100. The molecule has 2 heterocycles. The molecule has 0 bridgehead atoms. The van der Waals surface area contributed by atoms with Gasteiger partial charge in [-0.3, -0.25) is 4.72 Å². The van der Waals surface area contributed by atoms with Gasteiger partial charge in [0.25, 0.3) is 10.0 Å². The SMILES string of the molecule is Cc1cc(Nc2ccc(S(=O)(=O)Nc3nccs3)c(F)c2)n(-c2ccc(C(F)(F)F)cc2)n1. The van der Waals surface area contributed by atoms with Crippen molar-refractivity contribution in [1.29, 1.82) is 0 Å². The smallest absolute Gasteiger partial charge is 0.340 e. The molecule has 13 heteroatoms. The number of anilines is 3. The molecule has 4 aromatic rings. The molecule has 0 aliphatic rings. The van der Waals surface area contributed by atoms with Gasteiger partial charge in [-0.1, -0.05) is 0 Å². The number of alkyl halides is 3. The van der Waals surface area contributed by atoms with E-state index in [1.54, 1.807) is 18.4 Å². The summed E-state index contributed by atoms with van der Waals surface area (Å²) in [6, 6.07) is 9.47. The van der Waals surface area contributed by atoms with E-state index >= 15 is 0 Å². The lowest BCUT2D eigenvalue weighted by atomic mass is 10.2. The summed E-state index contributed by atoms with van der Waals surface area (Å²) < 4.78 is 81.6. The van der Waals surface area contributed by atoms with Gasteiger partial charge < -0.3 is 5.32 Å². The zero-order chi connectivity index (χ0) is 23.8. The predicted octanol–water partition coefficient (Wildman–Crippen LogP) is 5.34. The van der Waals surface area contributed by atoms with Gasteiger partial charge in [0.05, 0.1) is 16.9 Å². The van der Waals surface area contributed by atoms with Gasteiger partial charge in [0.1, 0.15) is 16.5 Å². The molecular formula is C20H15F4N5O2S2. The van der Waals surface area contributed by atoms with E-state index in [1.807, 2.05) is 0 Å². The van der Waals surface area contributed by atoms with Crippen LogP contribution < -0.4 is 10.0 Å². The Kier molecular flexibility index (Phi) is 5.84. The molecule has 0 aliphatic carbocycles. The van der Waals surface area contributed by atoms with Gasteiger partial charge in [0.2, 0.25) is 0 Å². The highest BCUT2D eigenvalue weighted by Gasteiger charge is 2.30. The second-order valence-electron chi connectivity index (χ2n) is 6.84. The van der Waals surface area contributed by atoms with E-state index in [4.69, 9.17) is 0 Å². The van der Waals surface area contributed by atoms with E-state index < -0.39 is 32.5 Å². The first kappa shape index (κ1) is 22.7. The topological polar surface area (TPSA) is 88.9 Å². The quantitative estimate of drug-likeness (QED) is 0.351. The fourth-order valence-electron chi connectivity index (χ4n) is 2.97. The van der Waals surface area contributed by atoms with Crippen LogP contribution in [0.25, 0.3) is 5.69 Å². The Balaban J connectivity index is 1.60. The molecule has 0 unspecified atom stereocenters. The van der Waals surface area contributed by atoms with Crippen molar-refractivity contribution < 1.29 is 26.0 Å². The first-order valence-electron chi connectivity index (χ1n) is 9.26. The minimum Gasteiger partial charge on any atom is -0.340 e. The van der Waals surface area contributed by atoms with Gasteiger partial charge in [-0.05, 0) is 49.4 Å². The maximum Gasteiger partial charge on any atom is 0.416 e. The zero-order valence-corrected chi connectivity index (χ0v) is 18.4. The number of benzene rings is 2. The van der Waals surface area contributed by atoms with Crippen LogP contribution in [-0.2, 0) is 16.2 Å². The lowest BCUT2D eigenvalue weighted by molar-refractivity contribution is -0.137. The molecule has 0 atom stereocenters. The number of aryl methyl sites for hydroxylation is 1. The average Bonchev–Trinajstić information content (AvgIpc) is 3.36. The Morgan fingerprint density at radius 3 is 2.39 bits per heavy atom. The summed E-state index contributed by atoms with van der Waals surface area (Å²) in [7, 11) is -4.18.